The zero-order valence-corrected chi connectivity index (χ0v) is 14.2. The van der Waals surface area contributed by atoms with Gasteiger partial charge in [0.25, 0.3) is 5.22 Å². The molecule has 0 saturated carbocycles. The summed E-state index contributed by atoms with van der Waals surface area (Å²) in [5.41, 5.74) is 1.76. The molecular weight excluding hydrogens is 322 g/mol. The molecule has 6 heteroatoms. The third kappa shape index (κ3) is 3.65. The van der Waals surface area contributed by atoms with Crippen molar-refractivity contribution in [2.24, 2.45) is 0 Å². The maximum absolute atomic E-state index is 12.5. The van der Waals surface area contributed by atoms with E-state index >= 15 is 0 Å². The van der Waals surface area contributed by atoms with Gasteiger partial charge in [-0.2, -0.15) is 0 Å². The summed E-state index contributed by atoms with van der Waals surface area (Å²) in [5, 5.41) is 8.10. The SMILES string of the molecule is CN(C)C(=O)[C@@H](Sc1nnc(-c2ccccc2)o1)c1ccccc1. The summed E-state index contributed by atoms with van der Waals surface area (Å²) in [5.74, 6) is 0.424. The van der Waals surface area contributed by atoms with Crippen LogP contribution in [-0.2, 0) is 4.79 Å². The summed E-state index contributed by atoms with van der Waals surface area (Å²) < 4.78 is 5.72. The first-order chi connectivity index (χ1) is 11.6. The van der Waals surface area contributed by atoms with Gasteiger partial charge in [0.1, 0.15) is 5.25 Å². The molecule has 24 heavy (non-hydrogen) atoms. The first-order valence-corrected chi connectivity index (χ1v) is 8.35. The van der Waals surface area contributed by atoms with Gasteiger partial charge in [-0.3, -0.25) is 4.79 Å². The van der Waals surface area contributed by atoms with E-state index in [-0.39, 0.29) is 5.91 Å². The number of rotatable bonds is 5. The molecule has 5 nitrogen and oxygen atoms in total. The van der Waals surface area contributed by atoms with E-state index in [1.807, 2.05) is 60.7 Å². The first kappa shape index (κ1) is 16.3. The minimum absolute atomic E-state index is 0.0225. The zero-order valence-electron chi connectivity index (χ0n) is 13.4. The van der Waals surface area contributed by atoms with E-state index in [1.54, 1.807) is 19.0 Å². The fourth-order valence-electron chi connectivity index (χ4n) is 2.18. The molecule has 0 radical (unpaired) electrons. The van der Waals surface area contributed by atoms with Crippen molar-refractivity contribution < 1.29 is 9.21 Å². The molecule has 2 aromatic carbocycles. The summed E-state index contributed by atoms with van der Waals surface area (Å²) in [6, 6.07) is 19.2. The Bertz CT molecular complexity index is 803. The van der Waals surface area contributed by atoms with Crippen molar-refractivity contribution in [2.75, 3.05) is 14.1 Å². The second-order valence-electron chi connectivity index (χ2n) is 5.38. The number of likely N-dealkylation sites (N-methyl/N-ethyl adjacent to an activating group) is 1. The molecule has 0 aliphatic rings. The third-order valence-corrected chi connectivity index (χ3v) is 4.49. The Hall–Kier alpha value is -2.60. The van der Waals surface area contributed by atoms with Crippen LogP contribution in [-0.4, -0.2) is 35.1 Å². The van der Waals surface area contributed by atoms with Gasteiger partial charge in [0.05, 0.1) is 0 Å². The lowest BCUT2D eigenvalue weighted by Crippen LogP contribution is -2.26. The van der Waals surface area contributed by atoms with Gasteiger partial charge in [-0.25, -0.2) is 0 Å². The van der Waals surface area contributed by atoms with Crippen molar-refractivity contribution in [3.05, 3.63) is 66.2 Å². The van der Waals surface area contributed by atoms with E-state index in [2.05, 4.69) is 10.2 Å². The topological polar surface area (TPSA) is 59.2 Å². The molecule has 0 fully saturated rings. The molecule has 1 atom stereocenters. The summed E-state index contributed by atoms with van der Waals surface area (Å²) in [4.78, 5) is 14.1. The fourth-order valence-corrected chi connectivity index (χ4v) is 3.20. The van der Waals surface area contributed by atoms with Crippen molar-refractivity contribution in [2.45, 2.75) is 10.5 Å². The lowest BCUT2D eigenvalue weighted by Gasteiger charge is -2.18. The van der Waals surface area contributed by atoms with Crippen LogP contribution in [0.4, 0.5) is 0 Å². The Morgan fingerprint density at radius 1 is 1.00 bits per heavy atom. The van der Waals surface area contributed by atoms with Crippen LogP contribution < -0.4 is 0 Å². The van der Waals surface area contributed by atoms with E-state index < -0.39 is 5.25 Å². The van der Waals surface area contributed by atoms with E-state index in [0.29, 0.717) is 11.1 Å². The third-order valence-electron chi connectivity index (χ3n) is 3.41. The Labute approximate surface area is 144 Å². The molecule has 0 spiro atoms. The Balaban J connectivity index is 1.86. The van der Waals surface area contributed by atoms with Crippen LogP contribution in [0.1, 0.15) is 10.8 Å². The quantitative estimate of drug-likeness (QED) is 0.664. The Kier molecular flexibility index (Phi) is 4.96. The van der Waals surface area contributed by atoms with Gasteiger partial charge in [-0.05, 0) is 29.5 Å². The fraction of sp³-hybridized carbons (Fsp3) is 0.167. The van der Waals surface area contributed by atoms with E-state index in [0.717, 1.165) is 11.1 Å². The number of amides is 1. The molecule has 1 heterocycles. The van der Waals surface area contributed by atoms with Crippen LogP contribution in [0.25, 0.3) is 11.5 Å². The number of thioether (sulfide) groups is 1. The predicted octanol–water partition coefficient (Wildman–Crippen LogP) is 3.66. The molecule has 0 N–H and O–H groups in total. The largest absolute Gasteiger partial charge is 0.411 e. The smallest absolute Gasteiger partial charge is 0.277 e. The van der Waals surface area contributed by atoms with Gasteiger partial charge >= 0.3 is 0 Å². The van der Waals surface area contributed by atoms with Crippen LogP contribution in [0.5, 0.6) is 0 Å². The van der Waals surface area contributed by atoms with Gasteiger partial charge in [-0.1, -0.05) is 48.5 Å². The van der Waals surface area contributed by atoms with Crippen molar-refractivity contribution in [3.8, 4) is 11.5 Å². The van der Waals surface area contributed by atoms with Crippen LogP contribution >= 0.6 is 11.8 Å². The Morgan fingerprint density at radius 3 is 2.25 bits per heavy atom. The van der Waals surface area contributed by atoms with Crippen molar-refractivity contribution in [1.82, 2.24) is 15.1 Å². The monoisotopic (exact) mass is 339 g/mol. The normalized spacial score (nSPS) is 11.9. The molecule has 0 saturated heterocycles. The van der Waals surface area contributed by atoms with E-state index in [4.69, 9.17) is 4.42 Å². The maximum Gasteiger partial charge on any atom is 0.277 e. The Morgan fingerprint density at radius 2 is 1.62 bits per heavy atom. The number of carbonyl (C=O) groups is 1. The molecule has 0 aliphatic carbocycles. The number of carbonyl (C=O) groups excluding carboxylic acids is 1. The zero-order chi connectivity index (χ0) is 16.9. The van der Waals surface area contributed by atoms with Crippen LogP contribution in [0, 0.1) is 0 Å². The molecule has 1 amide bonds. The molecule has 0 bridgehead atoms. The minimum Gasteiger partial charge on any atom is -0.411 e. The van der Waals surface area contributed by atoms with Gasteiger partial charge in [0.15, 0.2) is 0 Å². The van der Waals surface area contributed by atoms with E-state index in [9.17, 15) is 4.79 Å². The predicted molar refractivity (Wildman–Crippen MR) is 93.5 cm³/mol. The second-order valence-corrected chi connectivity index (χ2v) is 6.44. The highest BCUT2D eigenvalue weighted by molar-refractivity contribution is 8.00. The summed E-state index contributed by atoms with van der Waals surface area (Å²) in [7, 11) is 3.48. The average molecular weight is 339 g/mol. The van der Waals surface area contributed by atoms with Crippen molar-refractivity contribution in [3.63, 3.8) is 0 Å². The highest BCUT2D eigenvalue weighted by atomic mass is 32.2. The summed E-state index contributed by atoms with van der Waals surface area (Å²) in [6.07, 6.45) is 0. The molecule has 122 valence electrons. The van der Waals surface area contributed by atoms with Crippen molar-refractivity contribution in [1.29, 1.82) is 0 Å². The van der Waals surface area contributed by atoms with Gasteiger partial charge < -0.3 is 9.32 Å². The highest BCUT2D eigenvalue weighted by Crippen LogP contribution is 2.36. The molecule has 1 aromatic heterocycles. The lowest BCUT2D eigenvalue weighted by atomic mass is 10.1. The molecule has 0 unspecified atom stereocenters. The van der Waals surface area contributed by atoms with Crippen LogP contribution in [0.3, 0.4) is 0 Å². The number of nitrogens with zero attached hydrogens (tertiary/aromatic N) is 3. The highest BCUT2D eigenvalue weighted by Gasteiger charge is 2.26. The number of aromatic nitrogens is 2. The summed E-state index contributed by atoms with van der Waals surface area (Å²) in [6.45, 7) is 0. The summed E-state index contributed by atoms with van der Waals surface area (Å²) >= 11 is 1.26. The molecule has 0 aliphatic heterocycles. The standard InChI is InChI=1S/C18H17N3O2S/c1-21(2)17(22)15(13-9-5-3-6-10-13)24-18-20-19-16(23-18)14-11-7-4-8-12-14/h3-12,15H,1-2H3/t15-/m0/s1. The maximum atomic E-state index is 12.5. The second kappa shape index (κ2) is 7.31. The minimum atomic E-state index is -0.426. The van der Waals surface area contributed by atoms with Crippen molar-refractivity contribution >= 4 is 17.7 Å². The number of hydrogen-bond acceptors (Lipinski definition) is 5. The lowest BCUT2D eigenvalue weighted by molar-refractivity contribution is -0.128. The van der Waals surface area contributed by atoms with Gasteiger partial charge in [-0.15, -0.1) is 10.2 Å². The van der Waals surface area contributed by atoms with E-state index in [1.165, 1.54) is 11.8 Å². The van der Waals surface area contributed by atoms with Crippen LogP contribution in [0.2, 0.25) is 0 Å². The number of hydrogen-bond donors (Lipinski definition) is 0. The molecular formula is C18H17N3O2S. The van der Waals surface area contributed by atoms with Gasteiger partial charge in [0.2, 0.25) is 11.8 Å². The van der Waals surface area contributed by atoms with Gasteiger partial charge in [0, 0.05) is 19.7 Å². The van der Waals surface area contributed by atoms with Crippen LogP contribution in [0.15, 0.2) is 70.3 Å². The molecule has 3 aromatic rings. The first-order valence-electron chi connectivity index (χ1n) is 7.47. The molecule has 3 rings (SSSR count). The number of benzene rings is 2. The average Bonchev–Trinajstić information content (AvgIpc) is 3.09.